The number of likely N-dealkylation sites (N-methyl/N-ethyl adjacent to an activating group) is 1. The number of anilines is 1. The van der Waals surface area contributed by atoms with Crippen molar-refractivity contribution >= 4 is 22.8 Å². The van der Waals surface area contributed by atoms with Gasteiger partial charge in [-0.05, 0) is 71.1 Å². The number of fused-ring (bicyclic) bond motifs is 1. The van der Waals surface area contributed by atoms with Crippen molar-refractivity contribution in [1.82, 2.24) is 29.5 Å². The molecule has 3 heterocycles. The summed E-state index contributed by atoms with van der Waals surface area (Å²) >= 11 is 0. The van der Waals surface area contributed by atoms with Crippen LogP contribution in [-0.2, 0) is 11.3 Å². The van der Waals surface area contributed by atoms with Crippen molar-refractivity contribution in [2.45, 2.75) is 44.8 Å². The van der Waals surface area contributed by atoms with E-state index in [0.29, 0.717) is 24.0 Å². The second-order valence-electron chi connectivity index (χ2n) is 11.3. The highest BCUT2D eigenvalue weighted by Gasteiger charge is 2.33. The van der Waals surface area contributed by atoms with Crippen LogP contribution in [-0.4, -0.2) is 67.7 Å². The minimum absolute atomic E-state index is 0.0516. The maximum atomic E-state index is 15.5. The predicted octanol–water partition coefficient (Wildman–Crippen LogP) is 5.07. The van der Waals surface area contributed by atoms with Gasteiger partial charge >= 0.3 is 0 Å². The standard InChI is InChI=1S/C31H31F3N8O2/c1-31(2,40(3)4)14-18(15-35)30(43)41-12-6-7-19(41)16-42-29-25(28(36)37-17-38-29)27(39-42)21-11-10-20(13-23(21)33)44-24-9-5-8-22(32)26(24)34/h5,8-11,13-14,17,19H,6-7,12,16H2,1-4H3,(H2,36,37,38)/t19-/m0/s1. The summed E-state index contributed by atoms with van der Waals surface area (Å²) in [5, 5.41) is 14.8. The highest BCUT2D eigenvalue weighted by Crippen LogP contribution is 2.35. The minimum Gasteiger partial charge on any atom is -0.454 e. The summed E-state index contributed by atoms with van der Waals surface area (Å²) in [7, 11) is 3.74. The van der Waals surface area contributed by atoms with Crippen LogP contribution in [0.15, 0.2) is 54.4 Å². The molecule has 1 fully saturated rings. The number of nitrogen functional groups attached to an aromatic ring is 1. The average molecular weight is 605 g/mol. The van der Waals surface area contributed by atoms with E-state index in [0.717, 1.165) is 18.6 Å². The van der Waals surface area contributed by atoms with Crippen molar-refractivity contribution in [3.63, 3.8) is 0 Å². The number of carbonyl (C=O) groups excluding carboxylic acids is 1. The van der Waals surface area contributed by atoms with Crippen LogP contribution in [0.3, 0.4) is 0 Å². The van der Waals surface area contributed by atoms with E-state index in [9.17, 15) is 18.8 Å². The van der Waals surface area contributed by atoms with Crippen molar-refractivity contribution < 1.29 is 22.7 Å². The highest BCUT2D eigenvalue weighted by molar-refractivity contribution is 5.99. The molecule has 1 aliphatic heterocycles. The summed E-state index contributed by atoms with van der Waals surface area (Å²) in [6.45, 7) is 4.52. The largest absolute Gasteiger partial charge is 0.454 e. The molecule has 44 heavy (non-hydrogen) atoms. The van der Waals surface area contributed by atoms with Crippen molar-refractivity contribution in [3.05, 3.63) is 71.8 Å². The highest BCUT2D eigenvalue weighted by atomic mass is 19.2. The molecule has 1 aliphatic rings. The molecular formula is C31H31F3N8O2. The average Bonchev–Trinajstić information content (AvgIpc) is 3.59. The molecule has 2 aromatic heterocycles. The van der Waals surface area contributed by atoms with Crippen molar-refractivity contribution in [1.29, 1.82) is 5.26 Å². The molecule has 0 radical (unpaired) electrons. The smallest absolute Gasteiger partial charge is 0.264 e. The van der Waals surface area contributed by atoms with Crippen LogP contribution in [0.1, 0.15) is 26.7 Å². The third kappa shape index (κ3) is 5.80. The lowest BCUT2D eigenvalue weighted by atomic mass is 9.99. The molecule has 1 saturated heterocycles. The van der Waals surface area contributed by atoms with Crippen molar-refractivity contribution in [2.75, 3.05) is 26.4 Å². The monoisotopic (exact) mass is 604 g/mol. The van der Waals surface area contributed by atoms with Gasteiger partial charge in [0.05, 0.1) is 18.0 Å². The molecule has 5 rings (SSSR count). The van der Waals surface area contributed by atoms with Crippen molar-refractivity contribution in [2.24, 2.45) is 0 Å². The Morgan fingerprint density at radius 2 is 1.98 bits per heavy atom. The van der Waals surface area contributed by atoms with Gasteiger partial charge in [-0.3, -0.25) is 4.79 Å². The van der Waals surface area contributed by atoms with Crippen LogP contribution in [0, 0.1) is 28.8 Å². The summed E-state index contributed by atoms with van der Waals surface area (Å²) in [5.74, 6) is -3.76. The van der Waals surface area contributed by atoms with E-state index in [1.807, 2.05) is 32.8 Å². The number of amides is 1. The van der Waals surface area contributed by atoms with Crippen molar-refractivity contribution in [3.8, 4) is 28.8 Å². The Balaban J connectivity index is 1.47. The summed E-state index contributed by atoms with van der Waals surface area (Å²) < 4.78 is 50.1. The molecule has 0 aliphatic carbocycles. The molecule has 1 atom stereocenters. The number of benzene rings is 2. The summed E-state index contributed by atoms with van der Waals surface area (Å²) in [5.41, 5.74) is 6.31. The van der Waals surface area contributed by atoms with Gasteiger partial charge < -0.3 is 20.3 Å². The Kier molecular flexibility index (Phi) is 8.29. The fourth-order valence-corrected chi connectivity index (χ4v) is 5.06. The van der Waals surface area contributed by atoms with Crippen LogP contribution < -0.4 is 10.5 Å². The fraction of sp³-hybridized carbons (Fsp3) is 0.323. The molecule has 4 aromatic rings. The number of halogens is 3. The number of carbonyl (C=O) groups is 1. The molecule has 2 aromatic carbocycles. The zero-order chi connectivity index (χ0) is 31.8. The molecule has 1 amide bonds. The molecule has 0 bridgehead atoms. The van der Waals surface area contributed by atoms with Gasteiger partial charge in [0.25, 0.3) is 5.91 Å². The van der Waals surface area contributed by atoms with Gasteiger partial charge in [-0.15, -0.1) is 0 Å². The lowest BCUT2D eigenvalue weighted by Gasteiger charge is -2.30. The lowest BCUT2D eigenvalue weighted by Crippen LogP contribution is -2.41. The first-order chi connectivity index (χ1) is 20.9. The lowest BCUT2D eigenvalue weighted by molar-refractivity contribution is -0.127. The Morgan fingerprint density at radius 3 is 2.68 bits per heavy atom. The summed E-state index contributed by atoms with van der Waals surface area (Å²) in [4.78, 5) is 25.5. The van der Waals surface area contributed by atoms with Crippen LogP contribution in [0.2, 0.25) is 0 Å². The summed E-state index contributed by atoms with van der Waals surface area (Å²) in [6, 6.07) is 9.03. The minimum atomic E-state index is -1.19. The maximum Gasteiger partial charge on any atom is 0.264 e. The van der Waals surface area contributed by atoms with Gasteiger partial charge in [-0.25, -0.2) is 23.4 Å². The van der Waals surface area contributed by atoms with Gasteiger partial charge in [0.15, 0.2) is 17.2 Å². The second-order valence-corrected chi connectivity index (χ2v) is 11.3. The Hall–Kier alpha value is -4.96. The fourth-order valence-electron chi connectivity index (χ4n) is 5.06. The van der Waals surface area contributed by atoms with Crippen LogP contribution in [0.25, 0.3) is 22.3 Å². The van der Waals surface area contributed by atoms with E-state index in [1.54, 1.807) is 15.7 Å². The van der Waals surface area contributed by atoms with E-state index in [1.165, 1.54) is 30.6 Å². The second kappa shape index (κ2) is 12.0. The quantitative estimate of drug-likeness (QED) is 0.218. The number of hydrogen-bond acceptors (Lipinski definition) is 8. The zero-order valence-electron chi connectivity index (χ0n) is 24.7. The first kappa shape index (κ1) is 30.5. The summed E-state index contributed by atoms with van der Waals surface area (Å²) in [6.07, 6.45) is 4.34. The van der Waals surface area contributed by atoms with Crippen LogP contribution >= 0.6 is 0 Å². The molecule has 10 nitrogen and oxygen atoms in total. The molecule has 0 spiro atoms. The van der Waals surface area contributed by atoms with E-state index in [-0.39, 0.29) is 52.6 Å². The van der Waals surface area contributed by atoms with Gasteiger partial charge in [0.2, 0.25) is 5.82 Å². The van der Waals surface area contributed by atoms with E-state index >= 15 is 4.39 Å². The molecule has 0 saturated carbocycles. The Labute approximate surface area is 252 Å². The first-order valence-electron chi connectivity index (χ1n) is 13.9. The number of aromatic nitrogens is 4. The predicted molar refractivity (Wildman–Crippen MR) is 158 cm³/mol. The Morgan fingerprint density at radius 1 is 1.20 bits per heavy atom. The molecule has 0 unspecified atom stereocenters. The number of rotatable bonds is 8. The molecule has 13 heteroatoms. The van der Waals surface area contributed by atoms with E-state index < -0.39 is 23.0 Å². The van der Waals surface area contributed by atoms with E-state index in [2.05, 4.69) is 21.1 Å². The van der Waals surface area contributed by atoms with Gasteiger partial charge in [-0.2, -0.15) is 14.8 Å². The molecular weight excluding hydrogens is 573 g/mol. The maximum absolute atomic E-state index is 15.5. The SMILES string of the molecule is CN(C)C(C)(C)C=C(C#N)C(=O)N1CCC[C@H]1Cn1nc(-c2ccc(Oc3cccc(F)c3F)cc2F)c2c(N)ncnc21. The van der Waals surface area contributed by atoms with Crippen LogP contribution in [0.4, 0.5) is 19.0 Å². The van der Waals surface area contributed by atoms with E-state index in [4.69, 9.17) is 10.5 Å². The van der Waals surface area contributed by atoms with Gasteiger partial charge in [0, 0.05) is 23.7 Å². The van der Waals surface area contributed by atoms with Gasteiger partial charge in [0.1, 0.15) is 41.0 Å². The number of ether oxygens (including phenoxy) is 1. The number of hydrogen-bond donors (Lipinski definition) is 1. The Bertz CT molecular complexity index is 1810. The number of nitriles is 1. The van der Waals surface area contributed by atoms with Gasteiger partial charge in [-0.1, -0.05) is 6.07 Å². The third-order valence-electron chi connectivity index (χ3n) is 7.92. The number of likely N-dealkylation sites (tertiary alicyclic amines) is 1. The first-order valence-corrected chi connectivity index (χ1v) is 13.9. The normalized spacial score (nSPS) is 15.7. The topological polar surface area (TPSA) is 126 Å². The zero-order valence-corrected chi connectivity index (χ0v) is 24.7. The number of nitrogens with zero attached hydrogens (tertiary/aromatic N) is 7. The molecule has 2 N–H and O–H groups in total. The van der Waals surface area contributed by atoms with Crippen LogP contribution in [0.5, 0.6) is 11.5 Å². The number of nitrogens with two attached hydrogens (primary N) is 1. The third-order valence-corrected chi connectivity index (χ3v) is 7.92. The molecule has 228 valence electrons.